The number of hydrogen-bond donors (Lipinski definition) is 2. The quantitative estimate of drug-likeness (QED) is 0.507. The van der Waals surface area contributed by atoms with Crippen molar-refractivity contribution in [3.63, 3.8) is 0 Å². The third-order valence-corrected chi connectivity index (χ3v) is 4.25. The maximum Gasteiger partial charge on any atom is 0.303 e. The monoisotopic (exact) mass is 358 g/mol. The minimum Gasteiger partial charge on any atom is -0.481 e. The van der Waals surface area contributed by atoms with Gasteiger partial charge in [-0.25, -0.2) is 0 Å². The van der Waals surface area contributed by atoms with Crippen LogP contribution in [0.3, 0.4) is 0 Å². The van der Waals surface area contributed by atoms with Crippen LogP contribution in [0.1, 0.15) is 45.4 Å². The van der Waals surface area contributed by atoms with Gasteiger partial charge in [-0.15, -0.1) is 0 Å². The second-order valence-corrected chi connectivity index (χ2v) is 6.36. The first kappa shape index (κ1) is 21.8. The third-order valence-electron chi connectivity index (χ3n) is 4.25. The number of aliphatic hydroxyl groups excluding tert-OH is 1. The van der Waals surface area contributed by atoms with Crippen molar-refractivity contribution in [2.75, 3.05) is 0 Å². The molecular formula is C22H30O4. The van der Waals surface area contributed by atoms with Crippen molar-refractivity contribution in [1.29, 1.82) is 0 Å². The van der Waals surface area contributed by atoms with Gasteiger partial charge < -0.3 is 10.2 Å². The van der Waals surface area contributed by atoms with Gasteiger partial charge in [0.15, 0.2) is 5.78 Å². The molecule has 0 aliphatic heterocycles. The van der Waals surface area contributed by atoms with Crippen LogP contribution in [-0.4, -0.2) is 28.1 Å². The first-order chi connectivity index (χ1) is 12.5. The molecule has 0 bridgehead atoms. The van der Waals surface area contributed by atoms with Crippen molar-refractivity contribution in [3.05, 3.63) is 60.8 Å². The van der Waals surface area contributed by atoms with Gasteiger partial charge >= 0.3 is 5.97 Å². The van der Waals surface area contributed by atoms with Crippen LogP contribution in [0.15, 0.2) is 60.8 Å². The van der Waals surface area contributed by atoms with E-state index in [0.29, 0.717) is 12.8 Å². The fraction of sp³-hybridized carbons (Fsp3) is 0.455. The van der Waals surface area contributed by atoms with Crippen molar-refractivity contribution < 1.29 is 19.8 Å². The van der Waals surface area contributed by atoms with E-state index in [1.807, 2.05) is 55.5 Å². The maximum absolute atomic E-state index is 11.6. The minimum absolute atomic E-state index is 0.0253. The van der Waals surface area contributed by atoms with Crippen LogP contribution in [0.25, 0.3) is 0 Å². The Kier molecular flexibility index (Phi) is 11.0. The molecule has 0 fully saturated rings. The summed E-state index contributed by atoms with van der Waals surface area (Å²) < 4.78 is 0. The van der Waals surface area contributed by atoms with Crippen LogP contribution in [-0.2, 0) is 9.59 Å². The van der Waals surface area contributed by atoms with Crippen LogP contribution in [0.4, 0.5) is 0 Å². The normalized spacial score (nSPS) is 21.8. The lowest BCUT2D eigenvalue weighted by Crippen LogP contribution is -2.13. The molecule has 0 saturated heterocycles. The predicted octanol–water partition coefficient (Wildman–Crippen LogP) is 4.39. The zero-order valence-electron chi connectivity index (χ0n) is 15.5. The number of carboxylic acid groups (broad SMARTS) is 1. The molecule has 0 amide bonds. The molecule has 1 aliphatic rings. The standard InChI is InChI=1S/C22H30O4/c1-2-20-18(15-17-21(20)24)14-16-19(23)12-10-8-6-4-3-5-7-9-11-13-22(25)26/h3-4,7-10,14-20,23H,2,5-6,11-13H2,1H3,(H,25,26)/b4-3-,9-7-,10-8-,16-14+/t18-,19-,20+/m0/s1. The van der Waals surface area contributed by atoms with Crippen molar-refractivity contribution in [2.24, 2.45) is 11.8 Å². The smallest absolute Gasteiger partial charge is 0.303 e. The van der Waals surface area contributed by atoms with Crippen molar-refractivity contribution in [3.8, 4) is 0 Å². The molecule has 0 aromatic heterocycles. The third kappa shape index (κ3) is 9.33. The molecule has 0 saturated carbocycles. The van der Waals surface area contributed by atoms with Crippen LogP contribution >= 0.6 is 0 Å². The van der Waals surface area contributed by atoms with Crippen molar-refractivity contribution >= 4 is 11.8 Å². The fourth-order valence-corrected chi connectivity index (χ4v) is 2.76. The van der Waals surface area contributed by atoms with E-state index in [2.05, 4.69) is 0 Å². The Balaban J connectivity index is 2.16. The topological polar surface area (TPSA) is 74.6 Å². The Morgan fingerprint density at radius 1 is 1.15 bits per heavy atom. The minimum atomic E-state index is -0.772. The number of aliphatic carboxylic acids is 1. The first-order valence-corrected chi connectivity index (χ1v) is 9.29. The van der Waals surface area contributed by atoms with E-state index in [-0.39, 0.29) is 24.0 Å². The van der Waals surface area contributed by atoms with Crippen molar-refractivity contribution in [2.45, 2.75) is 51.6 Å². The van der Waals surface area contributed by atoms with Gasteiger partial charge in [-0.3, -0.25) is 9.59 Å². The molecule has 0 heterocycles. The molecule has 26 heavy (non-hydrogen) atoms. The molecule has 0 aromatic carbocycles. The number of allylic oxidation sites excluding steroid dienone is 8. The van der Waals surface area contributed by atoms with Crippen molar-refractivity contribution in [1.82, 2.24) is 0 Å². The summed E-state index contributed by atoms with van der Waals surface area (Å²) in [5.41, 5.74) is 0. The number of carboxylic acids is 1. The lowest BCUT2D eigenvalue weighted by molar-refractivity contribution is -0.136. The van der Waals surface area contributed by atoms with E-state index in [1.54, 1.807) is 12.2 Å². The highest BCUT2D eigenvalue weighted by molar-refractivity contribution is 5.94. The highest BCUT2D eigenvalue weighted by Gasteiger charge is 2.26. The average Bonchev–Trinajstić information content (AvgIpc) is 2.97. The molecule has 4 nitrogen and oxygen atoms in total. The first-order valence-electron chi connectivity index (χ1n) is 9.29. The molecule has 0 spiro atoms. The highest BCUT2D eigenvalue weighted by atomic mass is 16.4. The van der Waals surface area contributed by atoms with Gasteiger partial charge in [-0.1, -0.05) is 61.6 Å². The Bertz CT molecular complexity index is 581. The summed E-state index contributed by atoms with van der Waals surface area (Å²) in [5.74, 6) is -0.458. The molecule has 4 heteroatoms. The Labute approximate surface area is 156 Å². The number of rotatable bonds is 12. The largest absolute Gasteiger partial charge is 0.481 e. The second-order valence-electron chi connectivity index (χ2n) is 6.36. The molecule has 1 rings (SSSR count). The predicted molar refractivity (Wildman–Crippen MR) is 105 cm³/mol. The Morgan fingerprint density at radius 3 is 2.46 bits per heavy atom. The van der Waals surface area contributed by atoms with Crippen LogP contribution in [0.2, 0.25) is 0 Å². The van der Waals surface area contributed by atoms with Gasteiger partial charge in [0.2, 0.25) is 0 Å². The van der Waals surface area contributed by atoms with Gasteiger partial charge in [0.25, 0.3) is 0 Å². The second kappa shape index (κ2) is 13.1. The Hall–Kier alpha value is -2.20. The van der Waals surface area contributed by atoms with Gasteiger partial charge in [0.1, 0.15) is 0 Å². The lowest BCUT2D eigenvalue weighted by atomic mass is 9.91. The van der Waals surface area contributed by atoms with Gasteiger partial charge in [-0.05, 0) is 38.2 Å². The van der Waals surface area contributed by atoms with E-state index in [0.717, 1.165) is 19.3 Å². The Morgan fingerprint density at radius 2 is 1.81 bits per heavy atom. The fourth-order valence-electron chi connectivity index (χ4n) is 2.76. The summed E-state index contributed by atoms with van der Waals surface area (Å²) >= 11 is 0. The summed E-state index contributed by atoms with van der Waals surface area (Å²) in [6.07, 6.45) is 22.3. The molecule has 0 unspecified atom stereocenters. The van der Waals surface area contributed by atoms with Gasteiger partial charge in [-0.2, -0.15) is 0 Å². The highest BCUT2D eigenvalue weighted by Crippen LogP contribution is 2.26. The summed E-state index contributed by atoms with van der Waals surface area (Å²) in [4.78, 5) is 22.0. The molecule has 2 N–H and O–H groups in total. The molecule has 142 valence electrons. The molecule has 0 aromatic rings. The molecular weight excluding hydrogens is 328 g/mol. The van der Waals surface area contributed by atoms with E-state index in [4.69, 9.17) is 5.11 Å². The average molecular weight is 358 g/mol. The molecule has 1 aliphatic carbocycles. The number of carbonyl (C=O) groups excluding carboxylic acids is 1. The van der Waals surface area contributed by atoms with Crippen LogP contribution < -0.4 is 0 Å². The summed E-state index contributed by atoms with van der Waals surface area (Å²) in [5, 5.41) is 18.5. The zero-order chi connectivity index (χ0) is 19.2. The lowest BCUT2D eigenvalue weighted by Gasteiger charge is -2.12. The maximum atomic E-state index is 11.6. The van der Waals surface area contributed by atoms with Gasteiger partial charge in [0.05, 0.1) is 6.10 Å². The number of aliphatic hydroxyl groups is 1. The van der Waals surface area contributed by atoms with E-state index in [9.17, 15) is 14.7 Å². The number of ketones is 1. The van der Waals surface area contributed by atoms with Gasteiger partial charge in [0, 0.05) is 18.3 Å². The molecule has 0 radical (unpaired) electrons. The van der Waals surface area contributed by atoms with E-state index < -0.39 is 12.1 Å². The van der Waals surface area contributed by atoms with E-state index >= 15 is 0 Å². The van der Waals surface area contributed by atoms with Crippen LogP contribution in [0.5, 0.6) is 0 Å². The van der Waals surface area contributed by atoms with E-state index in [1.165, 1.54) is 0 Å². The summed E-state index contributed by atoms with van der Waals surface area (Å²) in [6.45, 7) is 2.01. The summed E-state index contributed by atoms with van der Waals surface area (Å²) in [6, 6.07) is 0. The zero-order valence-corrected chi connectivity index (χ0v) is 15.5. The molecule has 3 atom stereocenters. The number of hydrogen-bond acceptors (Lipinski definition) is 3. The summed E-state index contributed by atoms with van der Waals surface area (Å²) in [7, 11) is 0. The SMILES string of the molecule is CC[C@H]1C(=O)C=C[C@@H]1/C=C/[C@@H](O)C/C=C\C/C=C\C/C=C\CCC(=O)O. The van der Waals surface area contributed by atoms with Crippen LogP contribution in [0, 0.1) is 11.8 Å². The number of carbonyl (C=O) groups is 2.